The number of rotatable bonds is 5. The van der Waals surface area contributed by atoms with Crippen LogP contribution < -0.4 is 4.90 Å². The highest BCUT2D eigenvalue weighted by Crippen LogP contribution is 2.48. The number of piperazine rings is 1. The highest BCUT2D eigenvalue weighted by Gasteiger charge is 2.51. The number of hydrogen-bond donors (Lipinski definition) is 1. The van der Waals surface area contributed by atoms with Crippen LogP contribution >= 0.6 is 0 Å². The summed E-state index contributed by atoms with van der Waals surface area (Å²) in [6.07, 6.45) is 1.53. The Morgan fingerprint density at radius 3 is 2.12 bits per heavy atom. The Morgan fingerprint density at radius 2 is 1.56 bits per heavy atom. The van der Waals surface area contributed by atoms with Gasteiger partial charge in [-0.05, 0) is 36.1 Å². The van der Waals surface area contributed by atoms with Crippen molar-refractivity contribution >= 4 is 11.7 Å². The summed E-state index contributed by atoms with van der Waals surface area (Å²) in [5.41, 5.74) is 2.92. The van der Waals surface area contributed by atoms with E-state index < -0.39 is 11.4 Å². The molecule has 130 valence electrons. The van der Waals surface area contributed by atoms with Crippen molar-refractivity contribution in [3.05, 3.63) is 65.7 Å². The number of carbonyl (C=O) groups is 1. The Labute approximate surface area is 148 Å². The lowest BCUT2D eigenvalue weighted by Gasteiger charge is -2.36. The fourth-order valence-electron chi connectivity index (χ4n) is 3.74. The maximum atomic E-state index is 11.4. The molecule has 1 aliphatic heterocycles. The molecule has 4 nitrogen and oxygen atoms in total. The summed E-state index contributed by atoms with van der Waals surface area (Å²) >= 11 is 0. The Bertz CT molecular complexity index is 730. The van der Waals surface area contributed by atoms with E-state index in [1.54, 1.807) is 0 Å². The molecule has 0 unspecified atom stereocenters. The predicted molar refractivity (Wildman–Crippen MR) is 98.9 cm³/mol. The molecule has 0 bridgehead atoms. The fourth-order valence-corrected chi connectivity index (χ4v) is 3.74. The van der Waals surface area contributed by atoms with Gasteiger partial charge in [0.1, 0.15) is 0 Å². The van der Waals surface area contributed by atoms with Gasteiger partial charge in [0.2, 0.25) is 0 Å². The molecule has 4 heteroatoms. The molecule has 0 amide bonds. The predicted octanol–water partition coefficient (Wildman–Crippen LogP) is 3.13. The van der Waals surface area contributed by atoms with Crippen molar-refractivity contribution in [1.29, 1.82) is 0 Å². The van der Waals surface area contributed by atoms with Gasteiger partial charge < -0.3 is 10.0 Å². The van der Waals surface area contributed by atoms with Gasteiger partial charge in [0.15, 0.2) is 0 Å². The van der Waals surface area contributed by atoms with E-state index in [4.69, 9.17) is 0 Å². The maximum absolute atomic E-state index is 11.4. The van der Waals surface area contributed by atoms with Crippen molar-refractivity contribution in [1.82, 2.24) is 4.90 Å². The SMILES string of the molecule is O=C(O)C1(c2ccc(CN3CCN(c4ccccc4)CC3)cc2)CC1. The largest absolute Gasteiger partial charge is 0.481 e. The molecule has 25 heavy (non-hydrogen) atoms. The van der Waals surface area contributed by atoms with Crippen LogP contribution in [0.5, 0.6) is 0 Å². The second-order valence-corrected chi connectivity index (χ2v) is 7.18. The van der Waals surface area contributed by atoms with Gasteiger partial charge in [-0.2, -0.15) is 0 Å². The van der Waals surface area contributed by atoms with Crippen molar-refractivity contribution in [3.8, 4) is 0 Å². The molecule has 0 aromatic heterocycles. The number of nitrogens with zero attached hydrogens (tertiary/aromatic N) is 2. The van der Waals surface area contributed by atoms with Gasteiger partial charge in [0.05, 0.1) is 5.41 Å². The number of benzene rings is 2. The van der Waals surface area contributed by atoms with E-state index in [0.29, 0.717) is 0 Å². The lowest BCUT2D eigenvalue weighted by Crippen LogP contribution is -2.45. The fraction of sp³-hybridized carbons (Fsp3) is 0.381. The molecule has 1 aliphatic carbocycles. The first-order valence-electron chi connectivity index (χ1n) is 9.03. The van der Waals surface area contributed by atoms with E-state index in [1.165, 1.54) is 11.3 Å². The number of carboxylic acids is 1. The average molecular weight is 336 g/mol. The van der Waals surface area contributed by atoms with E-state index in [1.807, 2.05) is 12.1 Å². The first kappa shape index (κ1) is 16.2. The summed E-state index contributed by atoms with van der Waals surface area (Å²) in [5.74, 6) is -0.683. The summed E-state index contributed by atoms with van der Waals surface area (Å²) < 4.78 is 0. The Morgan fingerprint density at radius 1 is 0.920 bits per heavy atom. The Kier molecular flexibility index (Phi) is 4.22. The number of para-hydroxylation sites is 1. The highest BCUT2D eigenvalue weighted by molar-refractivity contribution is 5.84. The Balaban J connectivity index is 1.34. The van der Waals surface area contributed by atoms with E-state index in [9.17, 15) is 9.90 Å². The van der Waals surface area contributed by atoms with Crippen LogP contribution in [-0.2, 0) is 16.8 Å². The van der Waals surface area contributed by atoms with Gasteiger partial charge in [-0.25, -0.2) is 0 Å². The quantitative estimate of drug-likeness (QED) is 0.911. The summed E-state index contributed by atoms with van der Waals surface area (Å²) in [6.45, 7) is 5.13. The molecular formula is C21H24N2O2. The minimum Gasteiger partial charge on any atom is -0.481 e. The zero-order valence-corrected chi connectivity index (χ0v) is 14.4. The summed E-state index contributed by atoms with van der Waals surface area (Å²) in [6, 6.07) is 18.8. The number of carboxylic acid groups (broad SMARTS) is 1. The third-order valence-electron chi connectivity index (χ3n) is 5.57. The van der Waals surface area contributed by atoms with E-state index in [2.05, 4.69) is 52.3 Å². The number of anilines is 1. The molecule has 1 N–H and O–H groups in total. The number of aliphatic carboxylic acids is 1. The monoisotopic (exact) mass is 336 g/mol. The Hall–Kier alpha value is -2.33. The van der Waals surface area contributed by atoms with Crippen LogP contribution in [0.15, 0.2) is 54.6 Å². The van der Waals surface area contributed by atoms with Crippen LogP contribution in [0.2, 0.25) is 0 Å². The van der Waals surface area contributed by atoms with Gasteiger partial charge in [0, 0.05) is 38.4 Å². The third-order valence-corrected chi connectivity index (χ3v) is 5.57. The molecule has 2 aromatic rings. The summed E-state index contributed by atoms with van der Waals surface area (Å²) in [4.78, 5) is 16.3. The molecule has 1 saturated carbocycles. The van der Waals surface area contributed by atoms with Crippen LogP contribution in [-0.4, -0.2) is 42.2 Å². The van der Waals surface area contributed by atoms with E-state index >= 15 is 0 Å². The van der Waals surface area contributed by atoms with Gasteiger partial charge in [-0.3, -0.25) is 9.69 Å². The van der Waals surface area contributed by atoms with Crippen LogP contribution in [0.3, 0.4) is 0 Å². The zero-order chi connectivity index (χ0) is 17.3. The van der Waals surface area contributed by atoms with Gasteiger partial charge in [-0.1, -0.05) is 42.5 Å². The molecule has 2 aromatic carbocycles. The standard InChI is InChI=1S/C21H24N2O2/c24-20(25)21(10-11-21)18-8-6-17(7-9-18)16-22-12-14-23(15-13-22)19-4-2-1-3-5-19/h1-9H,10-16H2,(H,24,25). The molecule has 2 aliphatic rings. The van der Waals surface area contributed by atoms with Crippen molar-refractivity contribution in [2.75, 3.05) is 31.1 Å². The smallest absolute Gasteiger partial charge is 0.314 e. The van der Waals surface area contributed by atoms with Crippen molar-refractivity contribution in [3.63, 3.8) is 0 Å². The van der Waals surface area contributed by atoms with Crippen molar-refractivity contribution < 1.29 is 9.90 Å². The minimum atomic E-state index is -0.683. The lowest BCUT2D eigenvalue weighted by atomic mass is 9.95. The topological polar surface area (TPSA) is 43.8 Å². The molecular weight excluding hydrogens is 312 g/mol. The van der Waals surface area contributed by atoms with Crippen LogP contribution in [0, 0.1) is 0 Å². The lowest BCUT2D eigenvalue weighted by molar-refractivity contribution is -0.140. The first-order chi connectivity index (χ1) is 12.2. The molecule has 0 spiro atoms. The van der Waals surface area contributed by atoms with E-state index in [0.717, 1.165) is 51.1 Å². The molecule has 2 fully saturated rings. The minimum absolute atomic E-state index is 0.597. The molecule has 1 heterocycles. The van der Waals surface area contributed by atoms with Crippen LogP contribution in [0.1, 0.15) is 24.0 Å². The highest BCUT2D eigenvalue weighted by atomic mass is 16.4. The second kappa shape index (κ2) is 6.52. The zero-order valence-electron chi connectivity index (χ0n) is 14.4. The maximum Gasteiger partial charge on any atom is 0.314 e. The van der Waals surface area contributed by atoms with Crippen molar-refractivity contribution in [2.45, 2.75) is 24.8 Å². The second-order valence-electron chi connectivity index (χ2n) is 7.18. The first-order valence-corrected chi connectivity index (χ1v) is 9.03. The van der Waals surface area contributed by atoms with Crippen LogP contribution in [0.4, 0.5) is 5.69 Å². The molecule has 0 radical (unpaired) electrons. The van der Waals surface area contributed by atoms with Gasteiger partial charge in [-0.15, -0.1) is 0 Å². The van der Waals surface area contributed by atoms with Crippen LogP contribution in [0.25, 0.3) is 0 Å². The molecule has 1 saturated heterocycles. The third kappa shape index (κ3) is 3.27. The molecule has 0 atom stereocenters. The number of hydrogen-bond acceptors (Lipinski definition) is 3. The van der Waals surface area contributed by atoms with Crippen molar-refractivity contribution in [2.24, 2.45) is 0 Å². The summed E-state index contributed by atoms with van der Waals surface area (Å²) in [5, 5.41) is 9.39. The molecule has 4 rings (SSSR count). The van der Waals surface area contributed by atoms with E-state index in [-0.39, 0.29) is 0 Å². The van der Waals surface area contributed by atoms with Gasteiger partial charge >= 0.3 is 5.97 Å². The van der Waals surface area contributed by atoms with Gasteiger partial charge in [0.25, 0.3) is 0 Å². The normalized spacial score (nSPS) is 19.6. The summed E-state index contributed by atoms with van der Waals surface area (Å²) in [7, 11) is 0. The average Bonchev–Trinajstić information content (AvgIpc) is 3.46.